The molecule has 1 heterocycles. The summed E-state index contributed by atoms with van der Waals surface area (Å²) in [6.07, 6.45) is 5.53. The number of hydrogen-bond donors (Lipinski definition) is 2. The number of rotatable bonds is 7. The molecule has 1 unspecified atom stereocenters. The molecule has 6 nitrogen and oxygen atoms in total. The predicted molar refractivity (Wildman–Crippen MR) is 133 cm³/mol. The Balaban J connectivity index is 1.12. The van der Waals surface area contributed by atoms with Gasteiger partial charge in [-0.25, -0.2) is 13.8 Å². The number of nitrogens with zero attached hydrogens (tertiary/aromatic N) is 3. The number of hydrogen-bond acceptors (Lipinski definition) is 5. The van der Waals surface area contributed by atoms with Crippen LogP contribution in [0.5, 0.6) is 0 Å². The van der Waals surface area contributed by atoms with Crippen molar-refractivity contribution in [1.82, 2.24) is 15.3 Å². The Morgan fingerprint density at radius 2 is 1.86 bits per heavy atom. The number of carbonyl (C=O) groups is 1. The van der Waals surface area contributed by atoms with Gasteiger partial charge in [0.15, 0.2) is 11.6 Å². The Kier molecular flexibility index (Phi) is 6.30. The Morgan fingerprint density at radius 1 is 1.09 bits per heavy atom. The minimum Gasteiger partial charge on any atom is -0.362 e. The molecule has 1 aromatic heterocycles. The van der Waals surface area contributed by atoms with Gasteiger partial charge >= 0.3 is 0 Å². The van der Waals surface area contributed by atoms with E-state index in [0.29, 0.717) is 35.4 Å². The van der Waals surface area contributed by atoms with Crippen molar-refractivity contribution in [2.45, 2.75) is 44.6 Å². The summed E-state index contributed by atoms with van der Waals surface area (Å²) in [5.41, 5.74) is 1.70. The number of fused-ring (bicyclic) bond motifs is 1. The number of amides is 1. The fraction of sp³-hybridized carbons (Fsp3) is 0.444. The van der Waals surface area contributed by atoms with Gasteiger partial charge in [0.25, 0.3) is 0 Å². The molecule has 35 heavy (non-hydrogen) atoms. The Labute approximate surface area is 204 Å². The van der Waals surface area contributed by atoms with E-state index in [1.165, 1.54) is 6.07 Å². The first-order valence-corrected chi connectivity index (χ1v) is 12.2. The van der Waals surface area contributed by atoms with Crippen LogP contribution in [0, 0.1) is 23.0 Å². The summed E-state index contributed by atoms with van der Waals surface area (Å²) in [6, 6.07) is 12.0. The van der Waals surface area contributed by atoms with E-state index in [1.807, 2.05) is 43.3 Å². The monoisotopic (exact) mass is 479 g/mol. The zero-order valence-corrected chi connectivity index (χ0v) is 20.2. The van der Waals surface area contributed by atoms with Crippen LogP contribution in [0.25, 0.3) is 10.9 Å². The lowest BCUT2D eigenvalue weighted by Gasteiger charge is -2.29. The molecule has 3 aromatic rings. The third kappa shape index (κ3) is 5.06. The highest BCUT2D eigenvalue weighted by atomic mass is 19.2. The van der Waals surface area contributed by atoms with Crippen LogP contribution in [-0.4, -0.2) is 42.6 Å². The van der Waals surface area contributed by atoms with Crippen LogP contribution in [0.15, 0.2) is 42.5 Å². The SMILES string of the molecule is CN(C)c1nc(NC2CC23CCC(CNC(=O)Cc2ccc(F)c(F)c2)CC3)nc2ccccc12. The largest absolute Gasteiger partial charge is 0.362 e. The smallest absolute Gasteiger partial charge is 0.225 e. The van der Waals surface area contributed by atoms with Gasteiger partial charge in [0, 0.05) is 32.1 Å². The van der Waals surface area contributed by atoms with Gasteiger partial charge < -0.3 is 15.5 Å². The summed E-state index contributed by atoms with van der Waals surface area (Å²) in [7, 11) is 3.99. The molecule has 5 rings (SSSR count). The van der Waals surface area contributed by atoms with Crippen LogP contribution >= 0.6 is 0 Å². The van der Waals surface area contributed by atoms with E-state index >= 15 is 0 Å². The molecule has 2 N–H and O–H groups in total. The number of carbonyl (C=O) groups excluding carboxylic acids is 1. The highest BCUT2D eigenvalue weighted by molar-refractivity contribution is 5.90. The molecule has 2 aliphatic carbocycles. The number of nitrogens with one attached hydrogen (secondary N) is 2. The fourth-order valence-electron chi connectivity index (χ4n) is 5.34. The Morgan fingerprint density at radius 3 is 2.60 bits per heavy atom. The van der Waals surface area contributed by atoms with Crippen molar-refractivity contribution >= 4 is 28.6 Å². The van der Waals surface area contributed by atoms with Crippen LogP contribution in [0.1, 0.15) is 37.7 Å². The van der Waals surface area contributed by atoms with Gasteiger partial charge in [-0.15, -0.1) is 0 Å². The van der Waals surface area contributed by atoms with Crippen LogP contribution < -0.4 is 15.5 Å². The van der Waals surface area contributed by atoms with Crippen LogP contribution in [-0.2, 0) is 11.2 Å². The molecule has 1 amide bonds. The van der Waals surface area contributed by atoms with E-state index in [1.54, 1.807) is 0 Å². The molecule has 2 aliphatic rings. The number of anilines is 2. The van der Waals surface area contributed by atoms with Gasteiger partial charge in [-0.1, -0.05) is 18.2 Å². The molecule has 0 bridgehead atoms. The van der Waals surface area contributed by atoms with Crippen molar-refractivity contribution in [3.05, 3.63) is 59.7 Å². The second-order valence-electron chi connectivity index (χ2n) is 10.2. The lowest BCUT2D eigenvalue weighted by Crippen LogP contribution is -2.33. The van der Waals surface area contributed by atoms with Gasteiger partial charge in [-0.2, -0.15) is 4.98 Å². The van der Waals surface area contributed by atoms with Crippen LogP contribution in [0.3, 0.4) is 0 Å². The third-order valence-corrected chi connectivity index (χ3v) is 7.54. The Bertz CT molecular complexity index is 1240. The van der Waals surface area contributed by atoms with Crippen LogP contribution in [0.2, 0.25) is 0 Å². The first kappa shape index (κ1) is 23.5. The summed E-state index contributed by atoms with van der Waals surface area (Å²) < 4.78 is 26.4. The second-order valence-corrected chi connectivity index (χ2v) is 10.2. The van der Waals surface area contributed by atoms with E-state index in [-0.39, 0.29) is 12.3 Å². The lowest BCUT2D eigenvalue weighted by molar-refractivity contribution is -0.120. The quantitative estimate of drug-likeness (QED) is 0.514. The van der Waals surface area contributed by atoms with Crippen molar-refractivity contribution in [2.75, 3.05) is 30.9 Å². The van der Waals surface area contributed by atoms with Gasteiger partial charge in [0.2, 0.25) is 11.9 Å². The van der Waals surface area contributed by atoms with E-state index in [4.69, 9.17) is 9.97 Å². The molecule has 8 heteroatoms. The summed E-state index contributed by atoms with van der Waals surface area (Å²) in [5, 5.41) is 7.60. The van der Waals surface area contributed by atoms with Gasteiger partial charge in [0.1, 0.15) is 5.82 Å². The van der Waals surface area contributed by atoms with Gasteiger partial charge in [-0.05, 0) is 73.3 Å². The molecule has 2 aromatic carbocycles. The van der Waals surface area contributed by atoms with E-state index < -0.39 is 11.6 Å². The summed E-state index contributed by atoms with van der Waals surface area (Å²) >= 11 is 0. The third-order valence-electron chi connectivity index (χ3n) is 7.54. The zero-order chi connectivity index (χ0) is 24.6. The van der Waals surface area contributed by atoms with E-state index in [9.17, 15) is 13.6 Å². The average molecular weight is 480 g/mol. The average Bonchev–Trinajstić information content (AvgIpc) is 3.51. The predicted octanol–water partition coefficient (Wildman–Crippen LogP) is 4.69. The zero-order valence-electron chi connectivity index (χ0n) is 20.2. The maximum absolute atomic E-state index is 13.4. The topological polar surface area (TPSA) is 70.2 Å². The fourth-order valence-corrected chi connectivity index (χ4v) is 5.34. The molecule has 1 atom stereocenters. The van der Waals surface area contributed by atoms with Gasteiger partial charge in [0.05, 0.1) is 11.9 Å². The Hall–Kier alpha value is -3.29. The normalized spacial score (nSPS) is 23.3. The van der Waals surface area contributed by atoms with Crippen molar-refractivity contribution in [1.29, 1.82) is 0 Å². The standard InChI is InChI=1S/C27H31F2N5O/c1-34(2)25-19-5-3-4-6-22(19)31-26(33-25)32-23-15-27(23)11-9-17(10-12-27)16-30-24(35)14-18-7-8-20(28)21(29)13-18/h3-8,13,17,23H,9-12,14-16H2,1-2H3,(H,30,35)(H,31,32,33). The molecule has 184 valence electrons. The molecule has 2 fully saturated rings. The van der Waals surface area contributed by atoms with Crippen molar-refractivity contribution in [3.63, 3.8) is 0 Å². The molecule has 2 saturated carbocycles. The van der Waals surface area contributed by atoms with E-state index in [2.05, 4.69) is 10.6 Å². The first-order chi connectivity index (χ1) is 16.8. The number of benzene rings is 2. The number of halogens is 2. The molecular weight excluding hydrogens is 448 g/mol. The van der Waals surface area contributed by atoms with Crippen molar-refractivity contribution in [2.24, 2.45) is 11.3 Å². The highest BCUT2D eigenvalue weighted by Crippen LogP contribution is 2.58. The summed E-state index contributed by atoms with van der Waals surface area (Å²) in [6.45, 7) is 0.622. The lowest BCUT2D eigenvalue weighted by atomic mass is 9.79. The molecule has 0 radical (unpaired) electrons. The minimum atomic E-state index is -0.924. The number of aromatic nitrogens is 2. The molecule has 0 aliphatic heterocycles. The van der Waals surface area contributed by atoms with Gasteiger partial charge in [-0.3, -0.25) is 4.79 Å². The molecule has 1 spiro atoms. The first-order valence-electron chi connectivity index (χ1n) is 12.2. The summed E-state index contributed by atoms with van der Waals surface area (Å²) in [5.74, 6) is 0.0490. The highest BCUT2D eigenvalue weighted by Gasteiger charge is 2.55. The number of para-hydroxylation sites is 1. The van der Waals surface area contributed by atoms with Crippen molar-refractivity contribution in [3.8, 4) is 0 Å². The van der Waals surface area contributed by atoms with E-state index in [0.717, 1.165) is 61.0 Å². The molecule has 0 saturated heterocycles. The maximum atomic E-state index is 13.4. The summed E-state index contributed by atoms with van der Waals surface area (Å²) in [4.78, 5) is 23.8. The van der Waals surface area contributed by atoms with Crippen molar-refractivity contribution < 1.29 is 13.6 Å². The molecular formula is C27H31F2N5O. The second kappa shape index (κ2) is 9.40. The minimum absolute atomic E-state index is 0.0561. The van der Waals surface area contributed by atoms with Crippen LogP contribution in [0.4, 0.5) is 20.5 Å². The maximum Gasteiger partial charge on any atom is 0.225 e.